The van der Waals surface area contributed by atoms with Crippen molar-refractivity contribution in [2.45, 2.75) is 103 Å². The molecule has 190 valence electrons. The second kappa shape index (κ2) is 8.09. The van der Waals surface area contributed by atoms with Gasteiger partial charge in [-0.15, -0.1) is 0 Å². The van der Waals surface area contributed by atoms with E-state index in [4.69, 9.17) is 0 Å². The molecule has 0 aromatic heterocycles. The molecule has 4 fully saturated rings. The van der Waals surface area contributed by atoms with Crippen LogP contribution < -0.4 is 0 Å². The number of allylic oxidation sites excluding steroid dienone is 1. The maximum absolute atomic E-state index is 13.5. The standard InChI is InChI=1S/C27H39F2NO4/c1-15(30(14-23(28)29)24(33)16-4-5-16)18-8-11-27(34)20-13-22(32)21-12-17(31)6-9-25(21,2)19(20)7-10-26(18,27)3/h13,15-19,21,23,31,34H,4-12,14H2,1-3H3/t15?,17?,18?,19?,21?,25?,26?,27-/m1/s1. The Kier molecular flexibility index (Phi) is 5.79. The molecule has 0 heterocycles. The molecule has 5 aliphatic rings. The molecule has 5 aliphatic carbocycles. The minimum atomic E-state index is -2.59. The Morgan fingerprint density at radius 2 is 1.82 bits per heavy atom. The van der Waals surface area contributed by atoms with Crippen LogP contribution in [-0.4, -0.2) is 57.5 Å². The number of aliphatic hydroxyl groups is 2. The SMILES string of the molecule is CC(C1CC[C@@]2(O)C3=CC(=O)C4CC(O)CCC4(C)C3CCC12C)N(CC(F)F)C(=O)C1CC1. The van der Waals surface area contributed by atoms with Crippen molar-refractivity contribution in [3.05, 3.63) is 11.6 Å². The zero-order valence-corrected chi connectivity index (χ0v) is 20.6. The van der Waals surface area contributed by atoms with Gasteiger partial charge in [0.1, 0.15) is 0 Å². The predicted octanol–water partition coefficient (Wildman–Crippen LogP) is 4.11. The molecule has 0 aliphatic heterocycles. The summed E-state index contributed by atoms with van der Waals surface area (Å²) in [5.74, 6) is -0.558. The van der Waals surface area contributed by atoms with E-state index in [0.717, 1.165) is 37.7 Å². The molecule has 5 rings (SSSR count). The molecule has 4 saturated carbocycles. The Hall–Kier alpha value is -1.34. The van der Waals surface area contributed by atoms with Crippen molar-refractivity contribution >= 4 is 11.7 Å². The third-order valence-corrected chi connectivity index (χ3v) is 10.8. The number of hydrogen-bond donors (Lipinski definition) is 2. The van der Waals surface area contributed by atoms with Gasteiger partial charge in [-0.2, -0.15) is 0 Å². The number of rotatable bonds is 5. The topological polar surface area (TPSA) is 77.8 Å². The van der Waals surface area contributed by atoms with Crippen LogP contribution in [0.5, 0.6) is 0 Å². The van der Waals surface area contributed by atoms with Gasteiger partial charge in [0.15, 0.2) is 5.78 Å². The van der Waals surface area contributed by atoms with Gasteiger partial charge in [-0.3, -0.25) is 9.59 Å². The fraction of sp³-hybridized carbons (Fsp3) is 0.852. The van der Waals surface area contributed by atoms with Crippen LogP contribution in [0, 0.1) is 34.5 Å². The van der Waals surface area contributed by atoms with E-state index in [-0.39, 0.29) is 40.8 Å². The van der Waals surface area contributed by atoms with E-state index in [0.29, 0.717) is 25.7 Å². The normalized spacial score (nSPS) is 44.7. The second-order valence-electron chi connectivity index (χ2n) is 12.4. The van der Waals surface area contributed by atoms with Crippen LogP contribution in [-0.2, 0) is 9.59 Å². The summed E-state index contributed by atoms with van der Waals surface area (Å²) in [6.45, 7) is 5.51. The van der Waals surface area contributed by atoms with Crippen molar-refractivity contribution < 1.29 is 28.6 Å². The first kappa shape index (κ1) is 24.4. The molecule has 0 aromatic rings. The Labute approximate surface area is 201 Å². The van der Waals surface area contributed by atoms with Gasteiger partial charge in [0.2, 0.25) is 5.91 Å². The van der Waals surface area contributed by atoms with E-state index in [1.165, 1.54) is 4.90 Å². The summed E-state index contributed by atoms with van der Waals surface area (Å²) in [5.41, 5.74) is -1.21. The van der Waals surface area contributed by atoms with Crippen LogP contribution >= 0.6 is 0 Å². The maximum atomic E-state index is 13.5. The van der Waals surface area contributed by atoms with Crippen LogP contribution in [0.4, 0.5) is 8.78 Å². The fourth-order valence-corrected chi connectivity index (χ4v) is 8.52. The lowest BCUT2D eigenvalue weighted by Gasteiger charge is -2.60. The van der Waals surface area contributed by atoms with E-state index in [1.54, 1.807) is 6.08 Å². The summed E-state index contributed by atoms with van der Waals surface area (Å²) in [7, 11) is 0. The number of aliphatic hydroxyl groups excluding tert-OH is 1. The average Bonchev–Trinajstić information content (AvgIpc) is 3.57. The molecule has 2 N–H and O–H groups in total. The van der Waals surface area contributed by atoms with Crippen molar-refractivity contribution in [3.8, 4) is 0 Å². The molecule has 1 amide bonds. The van der Waals surface area contributed by atoms with Crippen LogP contribution in [0.3, 0.4) is 0 Å². The third kappa shape index (κ3) is 3.43. The van der Waals surface area contributed by atoms with Gasteiger partial charge in [-0.1, -0.05) is 13.8 Å². The zero-order chi connectivity index (χ0) is 24.6. The monoisotopic (exact) mass is 479 g/mol. The molecule has 7 unspecified atom stereocenters. The highest BCUT2D eigenvalue weighted by molar-refractivity contribution is 5.95. The molecule has 0 saturated heterocycles. The van der Waals surface area contributed by atoms with Gasteiger partial charge >= 0.3 is 0 Å². The molecule has 0 aromatic carbocycles. The summed E-state index contributed by atoms with van der Waals surface area (Å²) < 4.78 is 26.9. The second-order valence-corrected chi connectivity index (χ2v) is 12.4. The summed E-state index contributed by atoms with van der Waals surface area (Å²) in [4.78, 5) is 27.6. The number of ketones is 1. The number of carbonyl (C=O) groups is 2. The highest BCUT2D eigenvalue weighted by Crippen LogP contribution is 2.67. The summed E-state index contributed by atoms with van der Waals surface area (Å²) in [5, 5.41) is 22.5. The quantitative estimate of drug-likeness (QED) is 0.622. The van der Waals surface area contributed by atoms with Gasteiger partial charge in [0.05, 0.1) is 18.2 Å². The highest BCUT2D eigenvalue weighted by atomic mass is 19.3. The molecule has 5 nitrogen and oxygen atoms in total. The number of alkyl halides is 2. The number of hydrogen-bond acceptors (Lipinski definition) is 4. The maximum Gasteiger partial charge on any atom is 0.255 e. The third-order valence-electron chi connectivity index (χ3n) is 10.8. The Balaban J connectivity index is 1.47. The lowest BCUT2D eigenvalue weighted by molar-refractivity contribution is -0.147. The first-order chi connectivity index (χ1) is 15.9. The molecule has 34 heavy (non-hydrogen) atoms. The van der Waals surface area contributed by atoms with Crippen molar-refractivity contribution in [2.24, 2.45) is 34.5 Å². The predicted molar refractivity (Wildman–Crippen MR) is 123 cm³/mol. The first-order valence-corrected chi connectivity index (χ1v) is 13.2. The van der Waals surface area contributed by atoms with Crippen molar-refractivity contribution in [2.75, 3.05) is 6.54 Å². The Bertz CT molecular complexity index is 903. The molecular formula is C27H39F2NO4. The number of amides is 1. The first-order valence-electron chi connectivity index (χ1n) is 13.2. The number of halogens is 2. The van der Waals surface area contributed by atoms with Crippen molar-refractivity contribution in [1.29, 1.82) is 0 Å². The molecule has 7 heteroatoms. The van der Waals surface area contributed by atoms with E-state index < -0.39 is 36.1 Å². The van der Waals surface area contributed by atoms with E-state index in [9.17, 15) is 28.6 Å². The van der Waals surface area contributed by atoms with Crippen molar-refractivity contribution in [1.82, 2.24) is 4.90 Å². The van der Waals surface area contributed by atoms with Crippen molar-refractivity contribution in [3.63, 3.8) is 0 Å². The number of carbonyl (C=O) groups excluding carboxylic acids is 2. The molecule has 8 atom stereocenters. The summed E-state index contributed by atoms with van der Waals surface area (Å²) in [6.07, 6.45) is 4.77. The molecule has 0 spiro atoms. The Morgan fingerprint density at radius 3 is 2.47 bits per heavy atom. The van der Waals surface area contributed by atoms with Crippen LogP contribution in [0.1, 0.15) is 78.6 Å². The van der Waals surface area contributed by atoms with Crippen LogP contribution in [0.15, 0.2) is 11.6 Å². The highest BCUT2D eigenvalue weighted by Gasteiger charge is 2.67. The molecule has 0 bridgehead atoms. The van der Waals surface area contributed by atoms with Gasteiger partial charge in [0.25, 0.3) is 6.43 Å². The van der Waals surface area contributed by atoms with E-state index in [2.05, 4.69) is 6.92 Å². The molecule has 0 radical (unpaired) electrons. The zero-order valence-electron chi connectivity index (χ0n) is 20.6. The summed E-state index contributed by atoms with van der Waals surface area (Å²) >= 11 is 0. The largest absolute Gasteiger partial charge is 0.393 e. The van der Waals surface area contributed by atoms with Gasteiger partial charge < -0.3 is 15.1 Å². The lowest BCUT2D eigenvalue weighted by Crippen LogP contribution is -2.60. The van der Waals surface area contributed by atoms with Crippen LogP contribution in [0.2, 0.25) is 0 Å². The Morgan fingerprint density at radius 1 is 1.12 bits per heavy atom. The minimum Gasteiger partial charge on any atom is -0.393 e. The lowest BCUT2D eigenvalue weighted by atomic mass is 9.46. The molecular weight excluding hydrogens is 440 g/mol. The number of nitrogens with zero attached hydrogens (tertiary/aromatic N) is 1. The van der Waals surface area contributed by atoms with Gasteiger partial charge in [0, 0.05) is 23.3 Å². The fourth-order valence-electron chi connectivity index (χ4n) is 8.52. The summed E-state index contributed by atoms with van der Waals surface area (Å²) in [6, 6.07) is -0.397. The smallest absolute Gasteiger partial charge is 0.255 e. The minimum absolute atomic E-state index is 0.00455. The van der Waals surface area contributed by atoms with Crippen LogP contribution in [0.25, 0.3) is 0 Å². The van der Waals surface area contributed by atoms with E-state index >= 15 is 0 Å². The van der Waals surface area contributed by atoms with Gasteiger partial charge in [-0.05, 0) is 93.6 Å². The van der Waals surface area contributed by atoms with Gasteiger partial charge in [-0.25, -0.2) is 8.78 Å². The number of fused-ring (bicyclic) bond motifs is 5. The van der Waals surface area contributed by atoms with E-state index in [1.807, 2.05) is 13.8 Å². The average molecular weight is 480 g/mol.